The van der Waals surface area contributed by atoms with E-state index in [1.54, 1.807) is 0 Å². The largest absolute Gasteiger partial charge is 0.126 e. The monoisotopic (exact) mass is 228 g/mol. The lowest BCUT2D eigenvalue weighted by Gasteiger charge is -2.36. The molecule has 0 aromatic carbocycles. The van der Waals surface area contributed by atoms with E-state index in [2.05, 4.69) is 20.8 Å². The normalized spacial score (nSPS) is 38.6. The first-order chi connectivity index (χ1) is 7.05. The Morgan fingerprint density at radius 3 is 2.40 bits per heavy atom. The van der Waals surface area contributed by atoms with Gasteiger partial charge in [-0.1, -0.05) is 27.2 Å². The molecular formula is C14H25Cl. The highest BCUT2D eigenvalue weighted by Crippen LogP contribution is 2.52. The average Bonchev–Trinajstić information content (AvgIpc) is 2.78. The number of rotatable bonds is 4. The third-order valence-electron chi connectivity index (χ3n) is 5.31. The van der Waals surface area contributed by atoms with Crippen LogP contribution in [0.4, 0.5) is 0 Å². The van der Waals surface area contributed by atoms with Crippen LogP contribution in [-0.2, 0) is 0 Å². The summed E-state index contributed by atoms with van der Waals surface area (Å²) in [4.78, 5) is 0. The summed E-state index contributed by atoms with van der Waals surface area (Å²) in [5, 5.41) is 0. The molecule has 2 aliphatic rings. The van der Waals surface area contributed by atoms with Crippen LogP contribution in [-0.4, -0.2) is 5.88 Å². The van der Waals surface area contributed by atoms with E-state index in [4.69, 9.17) is 11.6 Å². The van der Waals surface area contributed by atoms with Crippen molar-refractivity contribution in [2.75, 3.05) is 5.88 Å². The van der Waals surface area contributed by atoms with Gasteiger partial charge >= 0.3 is 0 Å². The Kier molecular flexibility index (Phi) is 3.36. The summed E-state index contributed by atoms with van der Waals surface area (Å²) >= 11 is 6.18. The Bertz CT molecular complexity index is 223. The van der Waals surface area contributed by atoms with Crippen molar-refractivity contribution in [1.82, 2.24) is 0 Å². The predicted octanol–water partition coefficient (Wildman–Crippen LogP) is 4.71. The van der Waals surface area contributed by atoms with Gasteiger partial charge in [-0.2, -0.15) is 0 Å². The molecule has 88 valence electrons. The van der Waals surface area contributed by atoms with Crippen molar-refractivity contribution in [3.63, 3.8) is 0 Å². The minimum absolute atomic E-state index is 0.372. The Morgan fingerprint density at radius 1 is 1.27 bits per heavy atom. The Labute approximate surface area is 99.8 Å². The van der Waals surface area contributed by atoms with E-state index in [1.165, 1.54) is 32.1 Å². The van der Waals surface area contributed by atoms with Crippen LogP contribution < -0.4 is 0 Å². The van der Waals surface area contributed by atoms with Crippen molar-refractivity contribution in [3.8, 4) is 0 Å². The molecule has 2 fully saturated rings. The van der Waals surface area contributed by atoms with Crippen molar-refractivity contribution < 1.29 is 0 Å². The van der Waals surface area contributed by atoms with Crippen LogP contribution in [0.3, 0.4) is 0 Å². The lowest BCUT2D eigenvalue weighted by Crippen LogP contribution is -2.30. The minimum Gasteiger partial charge on any atom is -0.126 e. The fourth-order valence-electron chi connectivity index (χ4n) is 3.67. The van der Waals surface area contributed by atoms with Crippen molar-refractivity contribution in [2.45, 2.75) is 52.9 Å². The first-order valence-corrected chi connectivity index (χ1v) is 7.14. The molecule has 2 rings (SSSR count). The summed E-state index contributed by atoms with van der Waals surface area (Å²) in [7, 11) is 0. The standard InChI is InChI=1S/C14H25Cl/c1-10(2)14(3,9-15)8-13-7-11-4-5-12(13)6-11/h10-13H,4-9H2,1-3H3. The van der Waals surface area contributed by atoms with Crippen LogP contribution >= 0.6 is 11.6 Å². The predicted molar refractivity (Wildman–Crippen MR) is 67.2 cm³/mol. The lowest BCUT2D eigenvalue weighted by molar-refractivity contribution is 0.158. The lowest BCUT2D eigenvalue weighted by atomic mass is 9.70. The molecule has 0 spiro atoms. The second kappa shape index (κ2) is 4.28. The zero-order chi connectivity index (χ0) is 11.1. The second-order valence-electron chi connectivity index (χ2n) is 6.58. The molecule has 2 saturated carbocycles. The van der Waals surface area contributed by atoms with E-state index < -0.39 is 0 Å². The molecule has 15 heavy (non-hydrogen) atoms. The smallest absolute Gasteiger partial charge is 0.0279 e. The van der Waals surface area contributed by atoms with Crippen molar-refractivity contribution in [2.24, 2.45) is 29.1 Å². The van der Waals surface area contributed by atoms with E-state index in [1.807, 2.05) is 0 Å². The molecule has 4 atom stereocenters. The van der Waals surface area contributed by atoms with Crippen LogP contribution in [0.2, 0.25) is 0 Å². The van der Waals surface area contributed by atoms with Crippen LogP contribution in [0.5, 0.6) is 0 Å². The Balaban J connectivity index is 1.96. The highest BCUT2D eigenvalue weighted by molar-refractivity contribution is 6.18. The van der Waals surface area contributed by atoms with Crippen LogP contribution in [0, 0.1) is 29.1 Å². The summed E-state index contributed by atoms with van der Waals surface area (Å²) < 4.78 is 0. The maximum absolute atomic E-state index is 6.18. The van der Waals surface area contributed by atoms with Gasteiger partial charge in [-0.05, 0) is 54.8 Å². The van der Waals surface area contributed by atoms with Crippen molar-refractivity contribution in [3.05, 3.63) is 0 Å². The molecule has 0 radical (unpaired) electrons. The van der Waals surface area contributed by atoms with Gasteiger partial charge in [0, 0.05) is 5.88 Å². The molecule has 0 saturated heterocycles. The van der Waals surface area contributed by atoms with Gasteiger partial charge in [0.15, 0.2) is 0 Å². The van der Waals surface area contributed by atoms with E-state index in [0.29, 0.717) is 11.3 Å². The van der Waals surface area contributed by atoms with Gasteiger partial charge in [-0.25, -0.2) is 0 Å². The van der Waals surface area contributed by atoms with Crippen LogP contribution in [0.15, 0.2) is 0 Å². The maximum Gasteiger partial charge on any atom is 0.0279 e. The fraction of sp³-hybridized carbons (Fsp3) is 1.00. The SMILES string of the molecule is CC(C)C(C)(CCl)CC1CC2CCC1C2. The highest BCUT2D eigenvalue weighted by atomic mass is 35.5. The van der Waals surface area contributed by atoms with Gasteiger partial charge in [0.05, 0.1) is 0 Å². The number of hydrogen-bond acceptors (Lipinski definition) is 0. The topological polar surface area (TPSA) is 0 Å². The summed E-state index contributed by atoms with van der Waals surface area (Å²) in [5.41, 5.74) is 0.372. The van der Waals surface area contributed by atoms with Crippen molar-refractivity contribution in [1.29, 1.82) is 0 Å². The molecule has 0 heterocycles. The summed E-state index contributed by atoms with van der Waals surface area (Å²) in [5.74, 6) is 4.67. The third kappa shape index (κ3) is 2.20. The van der Waals surface area contributed by atoms with E-state index in [9.17, 15) is 0 Å². The van der Waals surface area contributed by atoms with E-state index in [-0.39, 0.29) is 0 Å². The quantitative estimate of drug-likeness (QED) is 0.612. The first kappa shape index (κ1) is 11.8. The molecule has 0 aromatic heterocycles. The molecule has 0 nitrogen and oxygen atoms in total. The number of fused-ring (bicyclic) bond motifs is 2. The molecular weight excluding hydrogens is 204 g/mol. The van der Waals surface area contributed by atoms with Gasteiger partial charge in [-0.3, -0.25) is 0 Å². The maximum atomic E-state index is 6.18. The van der Waals surface area contributed by atoms with Gasteiger partial charge < -0.3 is 0 Å². The van der Waals surface area contributed by atoms with Crippen LogP contribution in [0.25, 0.3) is 0 Å². The molecule has 2 bridgehead atoms. The third-order valence-corrected chi connectivity index (χ3v) is 5.92. The molecule has 4 unspecified atom stereocenters. The first-order valence-electron chi connectivity index (χ1n) is 6.61. The van der Waals surface area contributed by atoms with E-state index >= 15 is 0 Å². The summed E-state index contributed by atoms with van der Waals surface area (Å²) in [6.45, 7) is 7.04. The molecule has 2 aliphatic carbocycles. The van der Waals surface area contributed by atoms with Gasteiger partial charge in [0.1, 0.15) is 0 Å². The van der Waals surface area contributed by atoms with Gasteiger partial charge in [-0.15, -0.1) is 11.6 Å². The summed E-state index contributed by atoms with van der Waals surface area (Å²) in [6.07, 6.45) is 7.42. The number of hydrogen-bond donors (Lipinski definition) is 0. The zero-order valence-corrected chi connectivity index (χ0v) is 11.2. The van der Waals surface area contributed by atoms with Crippen LogP contribution in [0.1, 0.15) is 52.9 Å². The number of alkyl halides is 1. The molecule has 0 N–H and O–H groups in total. The zero-order valence-electron chi connectivity index (χ0n) is 10.4. The van der Waals surface area contributed by atoms with Crippen molar-refractivity contribution >= 4 is 11.6 Å². The number of halogens is 1. The fourth-order valence-corrected chi connectivity index (χ4v) is 4.09. The molecule has 0 aromatic rings. The average molecular weight is 229 g/mol. The van der Waals surface area contributed by atoms with Gasteiger partial charge in [0.25, 0.3) is 0 Å². The molecule has 0 amide bonds. The van der Waals surface area contributed by atoms with E-state index in [0.717, 1.165) is 23.6 Å². The molecule has 0 aliphatic heterocycles. The Hall–Kier alpha value is 0.290. The molecule has 1 heteroatoms. The highest BCUT2D eigenvalue weighted by Gasteiger charge is 2.42. The Morgan fingerprint density at radius 2 is 2.00 bits per heavy atom. The minimum atomic E-state index is 0.372. The second-order valence-corrected chi connectivity index (χ2v) is 6.85. The van der Waals surface area contributed by atoms with Gasteiger partial charge in [0.2, 0.25) is 0 Å². The summed E-state index contributed by atoms with van der Waals surface area (Å²) in [6, 6.07) is 0.